The Morgan fingerprint density at radius 2 is 2.50 bits per heavy atom. The molecule has 0 amide bonds. The lowest BCUT2D eigenvalue weighted by molar-refractivity contribution is 1.31. The van der Waals surface area contributed by atoms with Crippen LogP contribution in [0, 0.1) is 6.07 Å². The van der Waals surface area contributed by atoms with Gasteiger partial charge in [-0.1, -0.05) is 12.1 Å². The average molecular weight is 166 g/mol. The van der Waals surface area contributed by atoms with Crippen molar-refractivity contribution in [2.75, 3.05) is 0 Å². The molecule has 0 fully saturated rings. The number of benzene rings is 1. The van der Waals surface area contributed by atoms with Crippen LogP contribution < -0.4 is 0 Å². The highest BCUT2D eigenvalue weighted by Gasteiger charge is 1.96. The normalized spacial score (nSPS) is 10.5. The summed E-state index contributed by atoms with van der Waals surface area (Å²) < 4.78 is 1.95. The zero-order chi connectivity index (χ0) is 6.97. The third kappa shape index (κ3) is 0.914. The molecule has 10 heavy (non-hydrogen) atoms. The van der Waals surface area contributed by atoms with Gasteiger partial charge in [0.25, 0.3) is 0 Å². The van der Waals surface area contributed by atoms with Gasteiger partial charge in [0.2, 0.25) is 0 Å². The van der Waals surface area contributed by atoms with E-state index in [9.17, 15) is 0 Å². The van der Waals surface area contributed by atoms with Crippen molar-refractivity contribution in [2.45, 2.75) is 4.34 Å². The van der Waals surface area contributed by atoms with Crippen LogP contribution in [-0.2, 0) is 0 Å². The molecule has 1 aromatic carbocycles. The van der Waals surface area contributed by atoms with E-state index >= 15 is 0 Å². The maximum Gasteiger partial charge on any atom is 0.148 e. The van der Waals surface area contributed by atoms with Gasteiger partial charge >= 0.3 is 0 Å². The van der Waals surface area contributed by atoms with Gasteiger partial charge in [-0.15, -0.1) is 24.0 Å². The second-order valence-electron chi connectivity index (χ2n) is 1.88. The zero-order valence-electron chi connectivity index (χ0n) is 5.03. The van der Waals surface area contributed by atoms with Gasteiger partial charge in [0.1, 0.15) is 4.34 Å². The number of rotatable bonds is 0. The van der Waals surface area contributed by atoms with Crippen molar-refractivity contribution in [1.29, 1.82) is 0 Å². The van der Waals surface area contributed by atoms with E-state index in [0.29, 0.717) is 0 Å². The molecule has 3 heteroatoms. The largest absolute Gasteiger partial charge is 0.229 e. The molecule has 1 heterocycles. The molecule has 0 atom stereocenters. The highest BCUT2D eigenvalue weighted by molar-refractivity contribution is 7.82. The molecule has 0 N–H and O–H groups in total. The lowest BCUT2D eigenvalue weighted by Gasteiger charge is -1.79. The number of hydrogen-bond acceptors (Lipinski definition) is 3. The third-order valence-electron chi connectivity index (χ3n) is 1.21. The van der Waals surface area contributed by atoms with E-state index in [1.54, 1.807) is 11.3 Å². The topological polar surface area (TPSA) is 12.9 Å². The van der Waals surface area contributed by atoms with Crippen molar-refractivity contribution in [3.63, 3.8) is 0 Å². The van der Waals surface area contributed by atoms with Gasteiger partial charge < -0.3 is 0 Å². The molecular weight excluding hydrogens is 162 g/mol. The fourth-order valence-electron chi connectivity index (χ4n) is 0.799. The van der Waals surface area contributed by atoms with Crippen molar-refractivity contribution in [3.8, 4) is 0 Å². The summed E-state index contributed by atoms with van der Waals surface area (Å²) in [6, 6.07) is 8.85. The van der Waals surface area contributed by atoms with Crippen LogP contribution in [0.4, 0.5) is 0 Å². The van der Waals surface area contributed by atoms with Crippen LogP contribution in [0.3, 0.4) is 0 Å². The van der Waals surface area contributed by atoms with Gasteiger partial charge in [-0.2, -0.15) is 0 Å². The Balaban J connectivity index is 2.88. The number of thiazole rings is 1. The first kappa shape index (κ1) is 6.19. The quantitative estimate of drug-likeness (QED) is 0.593. The van der Waals surface area contributed by atoms with E-state index < -0.39 is 0 Å². The summed E-state index contributed by atoms with van der Waals surface area (Å²) >= 11 is 5.70. The lowest BCUT2D eigenvalue weighted by Crippen LogP contribution is -1.63. The van der Waals surface area contributed by atoms with Gasteiger partial charge in [0.05, 0.1) is 10.2 Å². The van der Waals surface area contributed by atoms with Crippen molar-refractivity contribution < 1.29 is 0 Å². The van der Waals surface area contributed by atoms with Crippen LogP contribution in [0.2, 0.25) is 0 Å². The Bertz CT molecular complexity index is 320. The summed E-state index contributed by atoms with van der Waals surface area (Å²) in [4.78, 5) is 4.14. The number of hydrogen-bond donors (Lipinski definition) is 1. The Hall–Kier alpha value is -0.540. The minimum atomic E-state index is 0.803. The van der Waals surface area contributed by atoms with Gasteiger partial charge in [-0.25, -0.2) is 4.98 Å². The first-order chi connectivity index (χ1) is 4.86. The Kier molecular flexibility index (Phi) is 1.39. The Morgan fingerprint density at radius 3 is 3.30 bits per heavy atom. The molecule has 0 aliphatic rings. The highest BCUT2D eigenvalue weighted by Crippen LogP contribution is 2.22. The molecule has 0 saturated carbocycles. The SMILES string of the molecule is Sc1nc2[c]cccc2s1. The molecule has 0 unspecified atom stereocenters. The zero-order valence-corrected chi connectivity index (χ0v) is 6.75. The van der Waals surface area contributed by atoms with Gasteiger partial charge in [-0.3, -0.25) is 0 Å². The minimum Gasteiger partial charge on any atom is -0.229 e. The monoisotopic (exact) mass is 166 g/mol. The first-order valence-electron chi connectivity index (χ1n) is 2.82. The molecule has 2 rings (SSSR count). The predicted molar refractivity (Wildman–Crippen MR) is 45.7 cm³/mol. The molecule has 49 valence electrons. The van der Waals surface area contributed by atoms with Gasteiger partial charge in [0, 0.05) is 6.07 Å². The van der Waals surface area contributed by atoms with Crippen LogP contribution in [0.1, 0.15) is 0 Å². The molecule has 0 aliphatic carbocycles. The van der Waals surface area contributed by atoms with Gasteiger partial charge in [-0.05, 0) is 6.07 Å². The molecule has 1 nitrogen and oxygen atoms in total. The van der Waals surface area contributed by atoms with E-state index in [1.165, 1.54) is 0 Å². The van der Waals surface area contributed by atoms with Crippen LogP contribution in [0.25, 0.3) is 10.2 Å². The molecule has 0 aliphatic heterocycles. The number of nitrogens with zero attached hydrogens (tertiary/aromatic N) is 1. The van der Waals surface area contributed by atoms with Crippen LogP contribution in [0.15, 0.2) is 22.5 Å². The highest BCUT2D eigenvalue weighted by atomic mass is 32.2. The molecule has 0 spiro atoms. The van der Waals surface area contributed by atoms with E-state index in [1.807, 2.05) is 18.2 Å². The minimum absolute atomic E-state index is 0.803. The molecule has 1 radical (unpaired) electrons. The fraction of sp³-hybridized carbons (Fsp3) is 0. The summed E-state index contributed by atoms with van der Waals surface area (Å²) in [7, 11) is 0. The van der Waals surface area contributed by atoms with Crippen molar-refractivity contribution in [3.05, 3.63) is 24.3 Å². The molecule has 0 saturated heterocycles. The maximum absolute atomic E-state index is 4.14. The maximum atomic E-state index is 4.14. The summed E-state index contributed by atoms with van der Waals surface area (Å²) in [6.07, 6.45) is 0. The average Bonchev–Trinajstić information content (AvgIpc) is 2.27. The van der Waals surface area contributed by atoms with Crippen LogP contribution >= 0.6 is 24.0 Å². The van der Waals surface area contributed by atoms with E-state index in [4.69, 9.17) is 0 Å². The number of thiol groups is 1. The summed E-state index contributed by atoms with van der Waals surface area (Å²) in [6.45, 7) is 0. The standard InChI is InChI=1S/C7H4NS2/c9-7-8-5-3-1-2-4-6(5)10-7/h1-2,4H,(H,8,9). The second kappa shape index (κ2) is 2.25. The van der Waals surface area contributed by atoms with Crippen LogP contribution in [-0.4, -0.2) is 4.98 Å². The number of aromatic nitrogens is 1. The van der Waals surface area contributed by atoms with Crippen LogP contribution in [0.5, 0.6) is 0 Å². The summed E-state index contributed by atoms with van der Waals surface area (Å²) in [5.41, 5.74) is 0.914. The first-order valence-corrected chi connectivity index (χ1v) is 4.09. The second-order valence-corrected chi connectivity index (χ2v) is 3.64. The van der Waals surface area contributed by atoms with E-state index in [2.05, 4.69) is 23.7 Å². The third-order valence-corrected chi connectivity index (χ3v) is 2.40. The summed E-state index contributed by atoms with van der Waals surface area (Å²) in [5, 5.41) is 0. The molecule has 1 aromatic heterocycles. The Labute approximate surface area is 68.1 Å². The predicted octanol–water partition coefficient (Wildman–Crippen LogP) is 2.39. The van der Waals surface area contributed by atoms with Crippen molar-refractivity contribution in [2.24, 2.45) is 0 Å². The lowest BCUT2D eigenvalue weighted by atomic mass is 10.3. The van der Waals surface area contributed by atoms with Gasteiger partial charge in [0.15, 0.2) is 0 Å². The number of para-hydroxylation sites is 1. The van der Waals surface area contributed by atoms with Crippen molar-refractivity contribution in [1.82, 2.24) is 4.98 Å². The molecule has 2 aromatic rings. The Morgan fingerprint density at radius 1 is 1.60 bits per heavy atom. The number of fused-ring (bicyclic) bond motifs is 1. The smallest absolute Gasteiger partial charge is 0.148 e. The molecular formula is C7H4NS2. The van der Waals surface area contributed by atoms with E-state index in [-0.39, 0.29) is 0 Å². The fourth-order valence-corrected chi connectivity index (χ4v) is 1.88. The molecule has 0 bridgehead atoms. The van der Waals surface area contributed by atoms with E-state index in [0.717, 1.165) is 14.6 Å². The summed E-state index contributed by atoms with van der Waals surface area (Å²) in [5.74, 6) is 0. The van der Waals surface area contributed by atoms with Crippen molar-refractivity contribution >= 4 is 34.2 Å².